The van der Waals surface area contributed by atoms with Crippen LogP contribution in [0.2, 0.25) is 0 Å². The lowest BCUT2D eigenvalue weighted by molar-refractivity contribution is -0.138. The Morgan fingerprint density at radius 2 is 1.81 bits per heavy atom. The lowest BCUT2D eigenvalue weighted by Crippen LogP contribution is -2.54. The van der Waals surface area contributed by atoms with Gasteiger partial charge in [-0.25, -0.2) is 0 Å². The van der Waals surface area contributed by atoms with Gasteiger partial charge in [0.15, 0.2) is 0 Å². The summed E-state index contributed by atoms with van der Waals surface area (Å²) in [4.78, 5) is 0. The fourth-order valence-electron chi connectivity index (χ4n) is 3.46. The van der Waals surface area contributed by atoms with E-state index in [0.29, 0.717) is 5.92 Å². The molecular weight excluding hydrogens is 204 g/mol. The summed E-state index contributed by atoms with van der Waals surface area (Å²) in [7, 11) is 3.57. The fourth-order valence-corrected chi connectivity index (χ4v) is 3.46. The number of ether oxygens (including phenoxy) is 3. The monoisotopic (exact) mass is 228 g/mol. The normalized spacial score (nSPS) is 43.7. The second-order valence-electron chi connectivity index (χ2n) is 6.21. The van der Waals surface area contributed by atoms with Gasteiger partial charge in [-0.3, -0.25) is 0 Å². The van der Waals surface area contributed by atoms with Crippen molar-refractivity contribution in [1.29, 1.82) is 0 Å². The van der Waals surface area contributed by atoms with E-state index in [0.717, 1.165) is 19.4 Å². The average molecular weight is 228 g/mol. The highest BCUT2D eigenvalue weighted by Gasteiger charge is 2.61. The van der Waals surface area contributed by atoms with E-state index in [4.69, 9.17) is 14.2 Å². The molecule has 0 N–H and O–H groups in total. The summed E-state index contributed by atoms with van der Waals surface area (Å²) in [6, 6.07) is 0. The van der Waals surface area contributed by atoms with E-state index >= 15 is 0 Å². The Labute approximate surface area is 98.4 Å². The van der Waals surface area contributed by atoms with Gasteiger partial charge in [-0.05, 0) is 18.3 Å². The molecule has 1 saturated carbocycles. The molecule has 0 aromatic rings. The summed E-state index contributed by atoms with van der Waals surface area (Å²) in [6.07, 6.45) is 2.51. The van der Waals surface area contributed by atoms with Crippen molar-refractivity contribution in [3.63, 3.8) is 0 Å². The van der Waals surface area contributed by atoms with Crippen LogP contribution in [-0.2, 0) is 14.2 Å². The third-order valence-corrected chi connectivity index (χ3v) is 4.14. The lowest BCUT2D eigenvalue weighted by atomic mass is 9.64. The van der Waals surface area contributed by atoms with Gasteiger partial charge in [0.25, 0.3) is 0 Å². The second kappa shape index (κ2) is 3.97. The number of epoxide rings is 1. The van der Waals surface area contributed by atoms with Gasteiger partial charge in [0, 0.05) is 20.1 Å². The predicted molar refractivity (Wildman–Crippen MR) is 62.5 cm³/mol. The first-order valence-electron chi connectivity index (χ1n) is 6.14. The van der Waals surface area contributed by atoms with Crippen molar-refractivity contribution < 1.29 is 14.2 Å². The molecular formula is C13H24O3. The average Bonchev–Trinajstić information content (AvgIpc) is 2.96. The molecule has 0 radical (unpaired) electrons. The van der Waals surface area contributed by atoms with Crippen LogP contribution in [0, 0.1) is 11.3 Å². The molecule has 0 aromatic carbocycles. The molecule has 0 amide bonds. The van der Waals surface area contributed by atoms with Crippen molar-refractivity contribution in [3.8, 4) is 0 Å². The van der Waals surface area contributed by atoms with Crippen molar-refractivity contribution in [2.24, 2.45) is 11.3 Å². The molecule has 94 valence electrons. The number of hydrogen-bond acceptors (Lipinski definition) is 3. The zero-order valence-corrected chi connectivity index (χ0v) is 11.1. The Kier molecular flexibility index (Phi) is 3.06. The van der Waals surface area contributed by atoms with E-state index in [1.165, 1.54) is 0 Å². The highest BCUT2D eigenvalue weighted by molar-refractivity contribution is 5.10. The highest BCUT2D eigenvalue weighted by atomic mass is 16.6. The van der Waals surface area contributed by atoms with Crippen LogP contribution < -0.4 is 0 Å². The Balaban J connectivity index is 2.25. The zero-order valence-electron chi connectivity index (χ0n) is 11.1. The van der Waals surface area contributed by atoms with Crippen LogP contribution in [0.15, 0.2) is 0 Å². The summed E-state index contributed by atoms with van der Waals surface area (Å²) >= 11 is 0. The summed E-state index contributed by atoms with van der Waals surface area (Å²) in [5.74, 6) is 0.420. The van der Waals surface area contributed by atoms with Gasteiger partial charge in [0.2, 0.25) is 0 Å². The number of methoxy groups -OCH3 is 2. The van der Waals surface area contributed by atoms with Gasteiger partial charge in [-0.1, -0.05) is 20.8 Å². The van der Waals surface area contributed by atoms with E-state index < -0.39 is 0 Å². The number of hydrogen-bond donors (Lipinski definition) is 0. The van der Waals surface area contributed by atoms with Crippen LogP contribution >= 0.6 is 0 Å². The Bertz CT molecular complexity index is 252. The minimum atomic E-state index is 0.0773. The van der Waals surface area contributed by atoms with E-state index in [9.17, 15) is 0 Å². The van der Waals surface area contributed by atoms with Gasteiger partial charge in [-0.2, -0.15) is 0 Å². The van der Waals surface area contributed by atoms with Crippen molar-refractivity contribution in [3.05, 3.63) is 0 Å². The molecule has 1 aliphatic carbocycles. The van der Waals surface area contributed by atoms with E-state index in [2.05, 4.69) is 20.8 Å². The molecule has 2 aliphatic rings. The molecule has 1 spiro atoms. The molecule has 3 heteroatoms. The Morgan fingerprint density at radius 3 is 2.19 bits per heavy atom. The molecule has 1 heterocycles. The smallest absolute Gasteiger partial charge is 0.0976 e. The predicted octanol–water partition coefficient (Wildman–Crippen LogP) is 2.24. The van der Waals surface area contributed by atoms with Crippen molar-refractivity contribution in [1.82, 2.24) is 0 Å². The quantitative estimate of drug-likeness (QED) is 0.679. The minimum Gasteiger partial charge on any atom is -0.379 e. The van der Waals surface area contributed by atoms with Crippen LogP contribution in [0.1, 0.15) is 33.6 Å². The van der Waals surface area contributed by atoms with E-state index in [1.807, 2.05) is 0 Å². The molecule has 1 saturated heterocycles. The highest BCUT2D eigenvalue weighted by Crippen LogP contribution is 2.54. The van der Waals surface area contributed by atoms with Crippen LogP contribution in [0.25, 0.3) is 0 Å². The van der Waals surface area contributed by atoms with Crippen LogP contribution in [0.5, 0.6) is 0 Å². The molecule has 2 rings (SSSR count). The molecule has 16 heavy (non-hydrogen) atoms. The third-order valence-electron chi connectivity index (χ3n) is 4.14. The minimum absolute atomic E-state index is 0.0773. The molecule has 0 bridgehead atoms. The van der Waals surface area contributed by atoms with Crippen LogP contribution in [0.3, 0.4) is 0 Å². The molecule has 3 nitrogen and oxygen atoms in total. The van der Waals surface area contributed by atoms with Gasteiger partial charge >= 0.3 is 0 Å². The van der Waals surface area contributed by atoms with Crippen molar-refractivity contribution in [2.75, 3.05) is 20.8 Å². The lowest BCUT2D eigenvalue weighted by Gasteiger charge is -2.46. The molecule has 1 aliphatic heterocycles. The maximum Gasteiger partial charge on any atom is 0.0976 e. The third kappa shape index (κ3) is 1.89. The second-order valence-corrected chi connectivity index (χ2v) is 6.21. The zero-order chi connectivity index (χ0) is 12.0. The van der Waals surface area contributed by atoms with Gasteiger partial charge in [0.05, 0.1) is 24.4 Å². The topological polar surface area (TPSA) is 31.0 Å². The van der Waals surface area contributed by atoms with Crippen LogP contribution in [0.4, 0.5) is 0 Å². The molecule has 2 fully saturated rings. The Hall–Kier alpha value is -0.120. The summed E-state index contributed by atoms with van der Waals surface area (Å²) < 4.78 is 17.0. The van der Waals surface area contributed by atoms with Crippen LogP contribution in [-0.4, -0.2) is 38.6 Å². The van der Waals surface area contributed by atoms with Crippen molar-refractivity contribution >= 4 is 0 Å². The molecule has 0 aromatic heterocycles. The SMILES string of the molecule is COC1CC[C@]2(CO2)C(C(C)(C)C)C1OC. The summed E-state index contributed by atoms with van der Waals surface area (Å²) in [6.45, 7) is 7.70. The Morgan fingerprint density at radius 1 is 1.19 bits per heavy atom. The van der Waals surface area contributed by atoms with Gasteiger partial charge < -0.3 is 14.2 Å². The molecule has 3 unspecified atom stereocenters. The standard InChI is InChI=1S/C13H24O3/c1-12(2,3)11-10(15-5)9(14-4)6-7-13(11)8-16-13/h9-11H,6-8H2,1-5H3/t9?,10?,11?,13-/m0/s1. The molecule has 4 atom stereocenters. The number of rotatable bonds is 2. The van der Waals surface area contributed by atoms with E-state index in [-0.39, 0.29) is 23.2 Å². The van der Waals surface area contributed by atoms with Gasteiger partial charge in [-0.15, -0.1) is 0 Å². The largest absolute Gasteiger partial charge is 0.379 e. The first-order valence-corrected chi connectivity index (χ1v) is 6.14. The summed E-state index contributed by atoms with van der Waals surface area (Å²) in [5, 5.41) is 0. The van der Waals surface area contributed by atoms with Gasteiger partial charge in [0.1, 0.15) is 0 Å². The first kappa shape index (κ1) is 12.3. The maximum atomic E-state index is 5.77. The first-order chi connectivity index (χ1) is 7.44. The van der Waals surface area contributed by atoms with Crippen molar-refractivity contribution in [2.45, 2.75) is 51.4 Å². The maximum absolute atomic E-state index is 5.77. The summed E-state index contributed by atoms with van der Waals surface area (Å²) in [5.41, 5.74) is 0.266. The van der Waals surface area contributed by atoms with E-state index in [1.54, 1.807) is 14.2 Å². The fraction of sp³-hybridized carbons (Fsp3) is 1.00.